The van der Waals surface area contributed by atoms with E-state index >= 15 is 0 Å². The topological polar surface area (TPSA) is 15.3 Å². The van der Waals surface area contributed by atoms with Gasteiger partial charge in [0.25, 0.3) is 0 Å². The zero-order valence-corrected chi connectivity index (χ0v) is 15.1. The molecule has 2 unspecified atom stereocenters. The second kappa shape index (κ2) is 6.67. The van der Waals surface area contributed by atoms with Crippen molar-refractivity contribution < 1.29 is 0 Å². The average Bonchev–Trinajstić information content (AvgIpc) is 2.42. The van der Waals surface area contributed by atoms with E-state index in [1.54, 1.807) is 0 Å². The molecule has 112 valence electrons. The van der Waals surface area contributed by atoms with Gasteiger partial charge in [0.1, 0.15) is 0 Å². The highest BCUT2D eigenvalue weighted by molar-refractivity contribution is 9.10. The van der Waals surface area contributed by atoms with Crippen molar-refractivity contribution in [3.05, 3.63) is 27.2 Å². The number of aryl methyl sites for hydroxylation is 1. The predicted molar refractivity (Wildman–Crippen MR) is 91.9 cm³/mol. The SMILES string of the molecule is CCC1CNC(C(C)C)CN1c1cc(Cl)c(C)cc1Br. The Morgan fingerprint density at radius 2 is 2.15 bits per heavy atom. The van der Waals surface area contributed by atoms with Crippen molar-refractivity contribution in [2.75, 3.05) is 18.0 Å². The van der Waals surface area contributed by atoms with Gasteiger partial charge in [-0.15, -0.1) is 0 Å². The lowest BCUT2D eigenvalue weighted by Crippen LogP contribution is -2.58. The van der Waals surface area contributed by atoms with Crippen LogP contribution in [-0.4, -0.2) is 25.2 Å². The molecule has 1 aromatic carbocycles. The number of hydrogen-bond acceptors (Lipinski definition) is 2. The fraction of sp³-hybridized carbons (Fsp3) is 0.625. The van der Waals surface area contributed by atoms with Crippen molar-refractivity contribution >= 4 is 33.2 Å². The quantitative estimate of drug-likeness (QED) is 0.847. The van der Waals surface area contributed by atoms with Crippen LogP contribution in [0.3, 0.4) is 0 Å². The van der Waals surface area contributed by atoms with Crippen LogP contribution in [0, 0.1) is 12.8 Å². The Kier molecular flexibility index (Phi) is 5.38. The summed E-state index contributed by atoms with van der Waals surface area (Å²) in [6.45, 7) is 10.9. The second-order valence-electron chi connectivity index (χ2n) is 6.03. The molecule has 0 spiro atoms. The van der Waals surface area contributed by atoms with Crippen molar-refractivity contribution in [3.8, 4) is 0 Å². The molecule has 0 bridgehead atoms. The summed E-state index contributed by atoms with van der Waals surface area (Å²) in [4.78, 5) is 2.51. The molecular formula is C16H24BrClN2. The Morgan fingerprint density at radius 3 is 2.75 bits per heavy atom. The van der Waals surface area contributed by atoms with Crippen LogP contribution in [-0.2, 0) is 0 Å². The highest BCUT2D eigenvalue weighted by Crippen LogP contribution is 2.34. The first-order chi connectivity index (χ1) is 9.43. The van der Waals surface area contributed by atoms with Crippen LogP contribution in [0.25, 0.3) is 0 Å². The molecule has 2 rings (SSSR count). The van der Waals surface area contributed by atoms with Crippen molar-refractivity contribution in [2.45, 2.75) is 46.2 Å². The lowest BCUT2D eigenvalue weighted by atomic mass is 9.97. The molecule has 1 N–H and O–H groups in total. The van der Waals surface area contributed by atoms with E-state index in [-0.39, 0.29) is 0 Å². The summed E-state index contributed by atoms with van der Waals surface area (Å²) in [6, 6.07) is 5.29. The van der Waals surface area contributed by atoms with Crippen molar-refractivity contribution in [2.24, 2.45) is 5.92 Å². The summed E-state index contributed by atoms with van der Waals surface area (Å²) in [7, 11) is 0. The van der Waals surface area contributed by atoms with Gasteiger partial charge >= 0.3 is 0 Å². The van der Waals surface area contributed by atoms with Gasteiger partial charge in [0.05, 0.1) is 5.69 Å². The number of nitrogens with zero attached hydrogens (tertiary/aromatic N) is 1. The summed E-state index contributed by atoms with van der Waals surface area (Å²) < 4.78 is 1.14. The molecule has 1 saturated heterocycles. The molecule has 0 radical (unpaired) electrons. The summed E-state index contributed by atoms with van der Waals surface area (Å²) in [5.74, 6) is 0.634. The molecule has 1 heterocycles. The molecule has 0 amide bonds. The smallest absolute Gasteiger partial charge is 0.0529 e. The van der Waals surface area contributed by atoms with Gasteiger partial charge in [-0.05, 0) is 52.9 Å². The number of rotatable bonds is 3. The standard InChI is InChI=1S/C16H24BrClN2/c1-5-12-8-19-15(10(2)3)9-20(12)16-7-14(18)11(4)6-13(16)17/h6-7,10,12,15,19H,5,8-9H2,1-4H3. The first-order valence-electron chi connectivity index (χ1n) is 7.39. The normalized spacial score (nSPS) is 23.4. The summed E-state index contributed by atoms with van der Waals surface area (Å²) in [5, 5.41) is 4.52. The van der Waals surface area contributed by atoms with Crippen LogP contribution >= 0.6 is 27.5 Å². The Balaban J connectivity index is 2.33. The average molecular weight is 360 g/mol. The minimum atomic E-state index is 0.528. The fourth-order valence-electron chi connectivity index (χ4n) is 2.79. The molecule has 1 aliphatic heterocycles. The number of hydrogen-bond donors (Lipinski definition) is 1. The summed E-state index contributed by atoms with van der Waals surface area (Å²) >= 11 is 10.0. The summed E-state index contributed by atoms with van der Waals surface area (Å²) in [5.41, 5.74) is 2.34. The van der Waals surface area contributed by atoms with E-state index in [1.807, 2.05) is 6.92 Å². The predicted octanol–water partition coefficient (Wildman–Crippen LogP) is 4.62. The highest BCUT2D eigenvalue weighted by Gasteiger charge is 2.29. The summed E-state index contributed by atoms with van der Waals surface area (Å²) in [6.07, 6.45) is 1.13. The Labute approximate surface area is 136 Å². The van der Waals surface area contributed by atoms with Crippen molar-refractivity contribution in [1.82, 2.24) is 5.32 Å². The third-order valence-electron chi connectivity index (χ3n) is 4.26. The molecule has 20 heavy (non-hydrogen) atoms. The van der Waals surface area contributed by atoms with Gasteiger partial charge < -0.3 is 10.2 Å². The lowest BCUT2D eigenvalue weighted by Gasteiger charge is -2.43. The molecule has 1 fully saturated rings. The van der Waals surface area contributed by atoms with Gasteiger partial charge in [-0.1, -0.05) is 32.4 Å². The monoisotopic (exact) mass is 358 g/mol. The molecule has 2 atom stereocenters. The van der Waals surface area contributed by atoms with Gasteiger partial charge in [0.2, 0.25) is 0 Å². The Bertz CT molecular complexity index is 476. The van der Waals surface area contributed by atoms with E-state index in [4.69, 9.17) is 11.6 Å². The Hall–Kier alpha value is -0.250. The number of benzene rings is 1. The number of nitrogens with one attached hydrogen (secondary N) is 1. The maximum atomic E-state index is 6.33. The molecule has 0 saturated carbocycles. The molecular weight excluding hydrogens is 336 g/mol. The van der Waals surface area contributed by atoms with E-state index in [9.17, 15) is 0 Å². The van der Waals surface area contributed by atoms with Crippen LogP contribution in [0.5, 0.6) is 0 Å². The number of anilines is 1. The molecule has 0 aliphatic carbocycles. The van der Waals surface area contributed by atoms with Gasteiger partial charge in [-0.3, -0.25) is 0 Å². The lowest BCUT2D eigenvalue weighted by molar-refractivity contribution is 0.325. The minimum absolute atomic E-state index is 0.528. The van der Waals surface area contributed by atoms with Crippen LogP contribution in [0.4, 0.5) is 5.69 Å². The zero-order valence-electron chi connectivity index (χ0n) is 12.7. The van der Waals surface area contributed by atoms with Gasteiger partial charge in [0.15, 0.2) is 0 Å². The first-order valence-corrected chi connectivity index (χ1v) is 8.56. The maximum Gasteiger partial charge on any atom is 0.0529 e. The van der Waals surface area contributed by atoms with Gasteiger partial charge in [0, 0.05) is 34.7 Å². The van der Waals surface area contributed by atoms with E-state index in [0.717, 1.165) is 34.6 Å². The van der Waals surface area contributed by atoms with Crippen molar-refractivity contribution in [3.63, 3.8) is 0 Å². The fourth-order valence-corrected chi connectivity index (χ4v) is 3.63. The van der Waals surface area contributed by atoms with Crippen LogP contribution < -0.4 is 10.2 Å². The largest absolute Gasteiger partial charge is 0.365 e. The van der Waals surface area contributed by atoms with Crippen molar-refractivity contribution in [1.29, 1.82) is 0 Å². The third kappa shape index (κ3) is 3.32. The van der Waals surface area contributed by atoms with E-state index in [0.29, 0.717) is 18.0 Å². The number of halogens is 2. The zero-order chi connectivity index (χ0) is 14.9. The van der Waals surface area contributed by atoms with Crippen LogP contribution in [0.2, 0.25) is 5.02 Å². The first kappa shape index (κ1) is 16.1. The minimum Gasteiger partial charge on any atom is -0.365 e. The van der Waals surface area contributed by atoms with E-state index in [1.165, 1.54) is 5.69 Å². The van der Waals surface area contributed by atoms with E-state index < -0.39 is 0 Å². The van der Waals surface area contributed by atoms with Crippen LogP contribution in [0.15, 0.2) is 16.6 Å². The third-order valence-corrected chi connectivity index (χ3v) is 5.31. The van der Waals surface area contributed by atoms with Gasteiger partial charge in [-0.25, -0.2) is 0 Å². The Morgan fingerprint density at radius 1 is 1.45 bits per heavy atom. The van der Waals surface area contributed by atoms with Crippen LogP contribution in [0.1, 0.15) is 32.8 Å². The molecule has 0 aromatic heterocycles. The molecule has 1 aliphatic rings. The highest BCUT2D eigenvalue weighted by atomic mass is 79.9. The molecule has 1 aromatic rings. The van der Waals surface area contributed by atoms with E-state index in [2.05, 4.69) is 59.1 Å². The van der Waals surface area contributed by atoms with Gasteiger partial charge in [-0.2, -0.15) is 0 Å². The molecule has 2 nitrogen and oxygen atoms in total. The molecule has 4 heteroatoms. The maximum absolute atomic E-state index is 6.33. The second-order valence-corrected chi connectivity index (χ2v) is 7.29. The number of piperazine rings is 1.